The molecule has 180 valence electrons. The number of rotatable bonds is 7. The Labute approximate surface area is 208 Å². The summed E-state index contributed by atoms with van der Waals surface area (Å²) in [7, 11) is -3.79. The first-order valence-corrected chi connectivity index (χ1v) is 13.7. The summed E-state index contributed by atoms with van der Waals surface area (Å²) in [5, 5.41) is 6.28. The summed E-state index contributed by atoms with van der Waals surface area (Å²) in [4.78, 5) is 17.5. The van der Waals surface area contributed by atoms with Crippen molar-refractivity contribution in [2.75, 3.05) is 25.0 Å². The first-order chi connectivity index (χ1) is 16.3. The van der Waals surface area contributed by atoms with Crippen molar-refractivity contribution in [3.05, 3.63) is 57.9 Å². The number of thiazole rings is 1. The van der Waals surface area contributed by atoms with Crippen LogP contribution in [-0.4, -0.2) is 43.3 Å². The maximum atomic E-state index is 13.3. The van der Waals surface area contributed by atoms with Crippen LogP contribution in [0.5, 0.6) is 5.75 Å². The number of aryl methyl sites for hydroxylation is 1. The van der Waals surface area contributed by atoms with Gasteiger partial charge in [0.25, 0.3) is 0 Å². The first-order valence-electron chi connectivity index (χ1n) is 11.0. The Balaban J connectivity index is 1.41. The maximum absolute atomic E-state index is 13.3. The molecule has 1 aromatic heterocycles. The van der Waals surface area contributed by atoms with Crippen LogP contribution in [0.4, 0.5) is 5.69 Å². The minimum atomic E-state index is -3.79. The van der Waals surface area contributed by atoms with Gasteiger partial charge in [-0.3, -0.25) is 4.79 Å². The van der Waals surface area contributed by atoms with Gasteiger partial charge in [-0.2, -0.15) is 4.31 Å². The van der Waals surface area contributed by atoms with Crippen molar-refractivity contribution < 1.29 is 17.9 Å². The van der Waals surface area contributed by atoms with Gasteiger partial charge in [-0.1, -0.05) is 23.7 Å². The van der Waals surface area contributed by atoms with Gasteiger partial charge < -0.3 is 10.1 Å². The van der Waals surface area contributed by atoms with Crippen LogP contribution in [0.3, 0.4) is 0 Å². The molecule has 3 aromatic rings. The van der Waals surface area contributed by atoms with E-state index in [1.165, 1.54) is 10.4 Å². The molecule has 4 rings (SSSR count). The van der Waals surface area contributed by atoms with Crippen molar-refractivity contribution in [1.82, 2.24) is 9.29 Å². The lowest BCUT2D eigenvalue weighted by Gasteiger charge is -2.31. The van der Waals surface area contributed by atoms with Crippen LogP contribution in [0.2, 0.25) is 5.02 Å². The Morgan fingerprint density at radius 2 is 2.00 bits per heavy atom. The number of aromatic nitrogens is 1. The van der Waals surface area contributed by atoms with Gasteiger partial charge in [-0.25, -0.2) is 13.4 Å². The number of carbonyl (C=O) groups excluding carboxylic acids is 1. The molecule has 34 heavy (non-hydrogen) atoms. The number of nitrogens with zero attached hydrogens (tertiary/aromatic N) is 2. The largest absolute Gasteiger partial charge is 0.492 e. The van der Waals surface area contributed by atoms with Gasteiger partial charge in [-0.05, 0) is 57.0 Å². The maximum Gasteiger partial charge on any atom is 0.246 e. The second kappa shape index (κ2) is 10.4. The third kappa shape index (κ3) is 5.43. The number of piperidine rings is 1. The van der Waals surface area contributed by atoms with E-state index in [4.69, 9.17) is 16.3 Å². The van der Waals surface area contributed by atoms with Gasteiger partial charge >= 0.3 is 0 Å². The molecule has 2 aromatic carbocycles. The molecule has 1 saturated heterocycles. The number of sulfonamides is 1. The standard InChI is InChI=1S/C24H26ClN3O4S2/c1-3-32-22-8-7-19(25)14-23(22)34(30,31)28-11-9-17(10-12-28)24(29)27-20-6-4-5-18(13-20)21-15-33-16(2)26-21/h4-8,13-15,17H,3,9-12H2,1-2H3,(H,27,29). The fourth-order valence-electron chi connectivity index (χ4n) is 3.95. The molecule has 0 atom stereocenters. The molecular formula is C24H26ClN3O4S2. The van der Waals surface area contributed by atoms with E-state index in [2.05, 4.69) is 10.3 Å². The van der Waals surface area contributed by atoms with E-state index < -0.39 is 10.0 Å². The van der Waals surface area contributed by atoms with Crippen LogP contribution >= 0.6 is 22.9 Å². The minimum Gasteiger partial charge on any atom is -0.492 e. The molecule has 0 aliphatic carbocycles. The Kier molecular flexibility index (Phi) is 7.57. The highest BCUT2D eigenvalue weighted by molar-refractivity contribution is 7.89. The van der Waals surface area contributed by atoms with Gasteiger partial charge in [0.05, 0.1) is 17.3 Å². The van der Waals surface area contributed by atoms with E-state index in [0.29, 0.717) is 30.2 Å². The molecular weight excluding hydrogens is 494 g/mol. The number of amides is 1. The number of halogens is 1. The quantitative estimate of drug-likeness (QED) is 0.463. The number of nitrogens with one attached hydrogen (secondary N) is 1. The average molecular weight is 520 g/mol. The van der Waals surface area contributed by atoms with Gasteiger partial charge in [-0.15, -0.1) is 11.3 Å². The molecule has 0 radical (unpaired) electrons. The molecule has 7 nitrogen and oxygen atoms in total. The van der Waals surface area contributed by atoms with Crippen LogP contribution in [0, 0.1) is 12.8 Å². The molecule has 1 aliphatic rings. The smallest absolute Gasteiger partial charge is 0.246 e. The molecule has 0 spiro atoms. The number of carbonyl (C=O) groups is 1. The predicted molar refractivity (Wildman–Crippen MR) is 135 cm³/mol. The highest BCUT2D eigenvalue weighted by Crippen LogP contribution is 2.32. The third-order valence-electron chi connectivity index (χ3n) is 5.69. The fraction of sp³-hybridized carbons (Fsp3) is 0.333. The summed E-state index contributed by atoms with van der Waals surface area (Å²) in [5.41, 5.74) is 2.52. The Morgan fingerprint density at radius 1 is 1.24 bits per heavy atom. The van der Waals surface area contributed by atoms with Crippen LogP contribution in [0.25, 0.3) is 11.3 Å². The van der Waals surface area contributed by atoms with Crippen molar-refractivity contribution in [3.63, 3.8) is 0 Å². The fourth-order valence-corrected chi connectivity index (χ4v) is 6.44. The lowest BCUT2D eigenvalue weighted by molar-refractivity contribution is -0.120. The summed E-state index contributed by atoms with van der Waals surface area (Å²) in [6, 6.07) is 12.2. The SMILES string of the molecule is CCOc1ccc(Cl)cc1S(=O)(=O)N1CCC(C(=O)Nc2cccc(-c3csc(C)n3)c2)CC1. The predicted octanol–water partition coefficient (Wildman–Crippen LogP) is 5.21. The molecule has 1 fully saturated rings. The summed E-state index contributed by atoms with van der Waals surface area (Å²) >= 11 is 7.64. The zero-order chi connectivity index (χ0) is 24.3. The topological polar surface area (TPSA) is 88.6 Å². The van der Waals surface area contributed by atoms with E-state index >= 15 is 0 Å². The van der Waals surface area contributed by atoms with E-state index in [1.54, 1.807) is 30.4 Å². The molecule has 10 heteroatoms. The number of hydrogen-bond donors (Lipinski definition) is 1. The summed E-state index contributed by atoms with van der Waals surface area (Å²) in [6.45, 7) is 4.59. The molecule has 0 unspecified atom stereocenters. The van der Waals surface area contributed by atoms with Crippen LogP contribution in [0.15, 0.2) is 52.7 Å². The molecule has 1 N–H and O–H groups in total. The number of anilines is 1. The first kappa shape index (κ1) is 24.7. The highest BCUT2D eigenvalue weighted by atomic mass is 35.5. The molecule has 2 heterocycles. The van der Waals surface area contributed by atoms with Crippen LogP contribution in [0.1, 0.15) is 24.8 Å². The van der Waals surface area contributed by atoms with Crippen molar-refractivity contribution in [2.45, 2.75) is 31.6 Å². The van der Waals surface area contributed by atoms with Gasteiger partial charge in [0, 0.05) is 40.7 Å². The zero-order valence-electron chi connectivity index (χ0n) is 19.0. The van der Waals surface area contributed by atoms with E-state index in [1.807, 2.05) is 36.6 Å². The Hall–Kier alpha value is -2.46. The van der Waals surface area contributed by atoms with Crippen molar-refractivity contribution in [3.8, 4) is 17.0 Å². The van der Waals surface area contributed by atoms with Crippen LogP contribution in [-0.2, 0) is 14.8 Å². The summed E-state index contributed by atoms with van der Waals surface area (Å²) < 4.78 is 33.4. The van der Waals surface area contributed by atoms with Crippen molar-refractivity contribution in [1.29, 1.82) is 0 Å². The van der Waals surface area contributed by atoms with Crippen molar-refractivity contribution >= 4 is 44.6 Å². The normalized spacial score (nSPS) is 15.3. The third-order valence-corrected chi connectivity index (χ3v) is 8.62. The molecule has 0 saturated carbocycles. The molecule has 0 bridgehead atoms. The number of hydrogen-bond acceptors (Lipinski definition) is 6. The van der Waals surface area contributed by atoms with Gasteiger partial charge in [0.1, 0.15) is 10.6 Å². The average Bonchev–Trinajstić information content (AvgIpc) is 3.27. The van der Waals surface area contributed by atoms with Gasteiger partial charge in [0.15, 0.2) is 0 Å². The number of benzene rings is 2. The second-order valence-electron chi connectivity index (χ2n) is 8.02. The Morgan fingerprint density at radius 3 is 2.68 bits per heavy atom. The lowest BCUT2D eigenvalue weighted by atomic mass is 9.97. The van der Waals surface area contributed by atoms with Crippen molar-refractivity contribution in [2.24, 2.45) is 5.92 Å². The lowest BCUT2D eigenvalue weighted by Crippen LogP contribution is -2.41. The second-order valence-corrected chi connectivity index (χ2v) is 11.4. The van der Waals surface area contributed by atoms with Crippen LogP contribution < -0.4 is 10.1 Å². The van der Waals surface area contributed by atoms with E-state index in [0.717, 1.165) is 16.3 Å². The summed E-state index contributed by atoms with van der Waals surface area (Å²) in [6.07, 6.45) is 0.862. The molecule has 1 amide bonds. The molecule has 1 aliphatic heterocycles. The zero-order valence-corrected chi connectivity index (χ0v) is 21.3. The van der Waals surface area contributed by atoms with Gasteiger partial charge in [0.2, 0.25) is 15.9 Å². The Bertz CT molecular complexity index is 1280. The van der Waals surface area contributed by atoms with E-state index in [-0.39, 0.29) is 35.6 Å². The number of ether oxygens (including phenoxy) is 1. The summed E-state index contributed by atoms with van der Waals surface area (Å²) in [5.74, 6) is -0.106. The highest BCUT2D eigenvalue weighted by Gasteiger charge is 2.34. The monoisotopic (exact) mass is 519 g/mol. The van der Waals surface area contributed by atoms with E-state index in [9.17, 15) is 13.2 Å². The minimum absolute atomic E-state index is 0.0545.